The number of fused-ring (bicyclic) bond motifs is 1. The first-order valence-corrected chi connectivity index (χ1v) is 15.2. The molecular weight excluding hydrogens is 536 g/mol. The van der Waals surface area contributed by atoms with Crippen molar-refractivity contribution in [2.24, 2.45) is 5.73 Å². The number of nitrogens with zero attached hydrogens (tertiary/aromatic N) is 3. The molecule has 0 aromatic heterocycles. The van der Waals surface area contributed by atoms with E-state index in [4.69, 9.17) is 5.73 Å². The summed E-state index contributed by atoms with van der Waals surface area (Å²) in [5.74, 6) is 0.111. The zero-order valence-corrected chi connectivity index (χ0v) is 24.4. The molecule has 43 heavy (non-hydrogen) atoms. The lowest BCUT2D eigenvalue weighted by molar-refractivity contribution is -0.384. The van der Waals surface area contributed by atoms with Crippen molar-refractivity contribution in [1.82, 2.24) is 4.90 Å². The van der Waals surface area contributed by atoms with Crippen molar-refractivity contribution in [2.45, 2.75) is 63.7 Å². The van der Waals surface area contributed by atoms with Crippen LogP contribution in [0.25, 0.3) is 11.1 Å². The van der Waals surface area contributed by atoms with E-state index in [9.17, 15) is 14.9 Å². The molecule has 4 aromatic rings. The number of carbonyl (C=O) groups excluding carboxylic acids is 1. The summed E-state index contributed by atoms with van der Waals surface area (Å²) in [6.45, 7) is 1.89. The monoisotopic (exact) mass is 574 g/mol. The Labute approximate surface area is 253 Å². The zero-order valence-electron chi connectivity index (χ0n) is 24.4. The number of benzene rings is 4. The van der Waals surface area contributed by atoms with E-state index in [0.29, 0.717) is 25.2 Å². The molecule has 220 valence electrons. The predicted molar refractivity (Wildman–Crippen MR) is 171 cm³/mol. The van der Waals surface area contributed by atoms with Gasteiger partial charge in [-0.3, -0.25) is 14.9 Å². The van der Waals surface area contributed by atoms with Gasteiger partial charge >= 0.3 is 0 Å². The van der Waals surface area contributed by atoms with Crippen molar-refractivity contribution in [3.63, 3.8) is 0 Å². The third kappa shape index (κ3) is 6.62. The molecule has 0 unspecified atom stereocenters. The third-order valence-electron chi connectivity index (χ3n) is 8.96. The highest BCUT2D eigenvalue weighted by Gasteiger charge is 2.28. The average molecular weight is 575 g/mol. The van der Waals surface area contributed by atoms with Crippen LogP contribution in [0.3, 0.4) is 0 Å². The third-order valence-corrected chi connectivity index (χ3v) is 8.96. The molecule has 4 aromatic carbocycles. The molecule has 1 aliphatic heterocycles. The quantitative estimate of drug-likeness (QED) is 0.188. The van der Waals surface area contributed by atoms with E-state index in [1.54, 1.807) is 6.07 Å². The van der Waals surface area contributed by atoms with Gasteiger partial charge < -0.3 is 15.5 Å². The number of carbonyl (C=O) groups is 1. The predicted octanol–water partition coefficient (Wildman–Crippen LogP) is 6.67. The highest BCUT2D eigenvalue weighted by molar-refractivity contribution is 5.79. The molecule has 7 nitrogen and oxygen atoms in total. The van der Waals surface area contributed by atoms with E-state index in [2.05, 4.69) is 23.1 Å². The fourth-order valence-corrected chi connectivity index (χ4v) is 6.57. The number of nitro groups is 1. The molecule has 2 N–H and O–H groups in total. The Morgan fingerprint density at radius 3 is 2.30 bits per heavy atom. The van der Waals surface area contributed by atoms with E-state index in [1.807, 2.05) is 77.7 Å². The van der Waals surface area contributed by atoms with Gasteiger partial charge in [-0.1, -0.05) is 78.9 Å². The summed E-state index contributed by atoms with van der Waals surface area (Å²) in [5.41, 5.74) is 13.2. The summed E-state index contributed by atoms with van der Waals surface area (Å²) in [6.07, 6.45) is 4.85. The van der Waals surface area contributed by atoms with Gasteiger partial charge in [-0.2, -0.15) is 0 Å². The molecule has 0 radical (unpaired) electrons. The summed E-state index contributed by atoms with van der Waals surface area (Å²) < 4.78 is 0. The van der Waals surface area contributed by atoms with Gasteiger partial charge in [-0.25, -0.2) is 0 Å². The number of nitro benzene ring substituents is 1. The first kappa shape index (κ1) is 28.6. The smallest absolute Gasteiger partial charge is 0.293 e. The average Bonchev–Trinajstić information content (AvgIpc) is 3.04. The van der Waals surface area contributed by atoms with Crippen LogP contribution in [-0.4, -0.2) is 34.4 Å². The van der Waals surface area contributed by atoms with Crippen molar-refractivity contribution >= 4 is 17.3 Å². The molecule has 1 aliphatic carbocycles. The molecule has 6 rings (SSSR count). The van der Waals surface area contributed by atoms with Gasteiger partial charge in [0.2, 0.25) is 5.91 Å². The Bertz CT molecular complexity index is 1600. The van der Waals surface area contributed by atoms with Crippen LogP contribution in [0.5, 0.6) is 0 Å². The number of hydrogen-bond acceptors (Lipinski definition) is 5. The first-order chi connectivity index (χ1) is 20.9. The van der Waals surface area contributed by atoms with Crippen LogP contribution in [0.2, 0.25) is 0 Å². The second-order valence-electron chi connectivity index (χ2n) is 11.9. The van der Waals surface area contributed by atoms with Crippen LogP contribution < -0.4 is 10.6 Å². The van der Waals surface area contributed by atoms with Crippen LogP contribution in [0, 0.1) is 10.1 Å². The number of amides is 1. The number of nitrogens with two attached hydrogens (primary N) is 1. The SMILES string of the molecule is NC1CCC(N(Cc2cccc(-c3ccc(N4CCc5ccccc5C4)c([N+](=O)[O-])c3)c2)C(=O)Cc2ccccc2)CC1. The minimum Gasteiger partial charge on any atom is -0.361 e. The number of rotatable bonds is 8. The van der Waals surface area contributed by atoms with E-state index in [1.165, 1.54) is 11.1 Å². The summed E-state index contributed by atoms with van der Waals surface area (Å²) in [4.78, 5) is 29.8. The maximum Gasteiger partial charge on any atom is 0.293 e. The number of hydrogen-bond donors (Lipinski definition) is 1. The molecule has 0 bridgehead atoms. The normalized spacial score (nSPS) is 18.1. The second-order valence-corrected chi connectivity index (χ2v) is 11.9. The Balaban J connectivity index is 1.25. The zero-order chi connectivity index (χ0) is 29.8. The molecule has 0 saturated heterocycles. The summed E-state index contributed by atoms with van der Waals surface area (Å²) in [6, 6.07) is 32.1. The highest BCUT2D eigenvalue weighted by atomic mass is 16.6. The Kier molecular flexibility index (Phi) is 8.52. The fraction of sp³-hybridized carbons (Fsp3) is 0.306. The van der Waals surface area contributed by atoms with E-state index in [0.717, 1.165) is 60.9 Å². The Morgan fingerprint density at radius 1 is 0.837 bits per heavy atom. The molecule has 0 spiro atoms. The van der Waals surface area contributed by atoms with Crippen molar-refractivity contribution in [3.8, 4) is 11.1 Å². The van der Waals surface area contributed by atoms with Gasteiger partial charge in [0.05, 0.1) is 11.3 Å². The molecule has 7 heteroatoms. The molecule has 1 fully saturated rings. The van der Waals surface area contributed by atoms with Crippen molar-refractivity contribution in [2.75, 3.05) is 11.4 Å². The first-order valence-electron chi connectivity index (χ1n) is 15.2. The van der Waals surface area contributed by atoms with Gasteiger partial charge in [0.1, 0.15) is 5.69 Å². The lowest BCUT2D eigenvalue weighted by Crippen LogP contribution is -2.44. The Hall–Kier alpha value is -4.49. The highest BCUT2D eigenvalue weighted by Crippen LogP contribution is 2.36. The van der Waals surface area contributed by atoms with Crippen LogP contribution in [0.15, 0.2) is 97.1 Å². The van der Waals surface area contributed by atoms with Crippen LogP contribution in [0.4, 0.5) is 11.4 Å². The van der Waals surface area contributed by atoms with E-state index < -0.39 is 0 Å². The van der Waals surface area contributed by atoms with Crippen LogP contribution in [-0.2, 0) is 30.7 Å². The standard InChI is InChI=1S/C36H38N4O3/c37-32-14-16-33(17-15-32)39(36(41)22-26-7-2-1-3-8-26)24-27-9-6-12-29(21-27)30-13-18-34(35(23-30)40(42)43)38-20-19-28-10-4-5-11-31(28)25-38/h1-13,18,21,23,32-33H,14-17,19-20,22,24-25,37H2. The minimum absolute atomic E-state index is 0.111. The molecule has 1 saturated carbocycles. The van der Waals surface area contributed by atoms with Crippen molar-refractivity contribution in [3.05, 3.63) is 129 Å². The minimum atomic E-state index is -0.277. The lowest BCUT2D eigenvalue weighted by Gasteiger charge is -2.36. The lowest BCUT2D eigenvalue weighted by atomic mass is 9.90. The van der Waals surface area contributed by atoms with Crippen molar-refractivity contribution < 1.29 is 9.72 Å². The molecule has 2 aliphatic rings. The topological polar surface area (TPSA) is 92.7 Å². The maximum absolute atomic E-state index is 13.7. The summed E-state index contributed by atoms with van der Waals surface area (Å²) in [5, 5.41) is 12.3. The van der Waals surface area contributed by atoms with Crippen LogP contribution in [0.1, 0.15) is 47.9 Å². The van der Waals surface area contributed by atoms with Crippen molar-refractivity contribution in [1.29, 1.82) is 0 Å². The second kappa shape index (κ2) is 12.8. The summed E-state index contributed by atoms with van der Waals surface area (Å²) >= 11 is 0. The Morgan fingerprint density at radius 2 is 1.53 bits per heavy atom. The molecule has 1 heterocycles. The van der Waals surface area contributed by atoms with Gasteiger partial charge in [-0.05, 0) is 77.6 Å². The van der Waals surface area contributed by atoms with Gasteiger partial charge in [-0.15, -0.1) is 0 Å². The summed E-state index contributed by atoms with van der Waals surface area (Å²) in [7, 11) is 0. The number of anilines is 1. The van der Waals surface area contributed by atoms with Gasteiger partial charge in [0, 0.05) is 37.8 Å². The van der Waals surface area contributed by atoms with Gasteiger partial charge in [0.15, 0.2) is 0 Å². The largest absolute Gasteiger partial charge is 0.361 e. The van der Waals surface area contributed by atoms with E-state index >= 15 is 0 Å². The fourth-order valence-electron chi connectivity index (χ4n) is 6.57. The van der Waals surface area contributed by atoms with Crippen LogP contribution >= 0.6 is 0 Å². The molecule has 1 amide bonds. The molecular formula is C36H38N4O3. The van der Waals surface area contributed by atoms with Gasteiger partial charge in [0.25, 0.3) is 5.69 Å². The van der Waals surface area contributed by atoms with E-state index in [-0.39, 0.29) is 28.6 Å². The maximum atomic E-state index is 13.7. The molecule has 0 atom stereocenters.